The number of amides is 1. The Morgan fingerprint density at radius 1 is 1.73 bits per heavy atom. The van der Waals surface area contributed by atoms with Crippen molar-refractivity contribution in [2.45, 2.75) is 32.9 Å². The van der Waals surface area contributed by atoms with E-state index in [9.17, 15) is 9.90 Å². The monoisotopic (exact) mass is 212 g/mol. The third-order valence-corrected chi connectivity index (χ3v) is 1.93. The Kier molecular flexibility index (Phi) is 4.23. The standard InChI is InChI=1S/C9H16N4O2/c1-3-10-9(15)4-5-13-6-8(7(2)14)11-12-13/h6-7,14H,3-5H2,1-2H3,(H,10,15). The quantitative estimate of drug-likeness (QED) is 0.711. The summed E-state index contributed by atoms with van der Waals surface area (Å²) < 4.78 is 1.55. The maximum Gasteiger partial charge on any atom is 0.221 e. The minimum atomic E-state index is -0.622. The van der Waals surface area contributed by atoms with E-state index in [1.54, 1.807) is 17.8 Å². The average molecular weight is 212 g/mol. The van der Waals surface area contributed by atoms with Crippen LogP contribution >= 0.6 is 0 Å². The van der Waals surface area contributed by atoms with Crippen LogP contribution in [0.4, 0.5) is 0 Å². The van der Waals surface area contributed by atoms with E-state index in [0.717, 1.165) is 0 Å². The van der Waals surface area contributed by atoms with Gasteiger partial charge < -0.3 is 10.4 Å². The van der Waals surface area contributed by atoms with Gasteiger partial charge >= 0.3 is 0 Å². The molecule has 1 heterocycles. The third kappa shape index (κ3) is 3.67. The molecule has 0 saturated heterocycles. The largest absolute Gasteiger partial charge is 0.387 e. The highest BCUT2D eigenvalue weighted by Gasteiger charge is 2.07. The van der Waals surface area contributed by atoms with Crippen LogP contribution in [0.1, 0.15) is 32.1 Å². The molecule has 0 aliphatic carbocycles. The molecule has 0 radical (unpaired) electrons. The van der Waals surface area contributed by atoms with Gasteiger partial charge in [-0.2, -0.15) is 0 Å². The lowest BCUT2D eigenvalue weighted by atomic mass is 10.3. The smallest absolute Gasteiger partial charge is 0.221 e. The second kappa shape index (κ2) is 5.45. The van der Waals surface area contributed by atoms with Crippen LogP contribution in [0.3, 0.4) is 0 Å². The SMILES string of the molecule is CCNC(=O)CCn1cc(C(C)O)nn1. The van der Waals surface area contributed by atoms with Crippen molar-refractivity contribution in [3.8, 4) is 0 Å². The van der Waals surface area contributed by atoms with Gasteiger partial charge in [0.1, 0.15) is 5.69 Å². The minimum absolute atomic E-state index is 0.00778. The van der Waals surface area contributed by atoms with Crippen LogP contribution < -0.4 is 5.32 Å². The number of aliphatic hydroxyl groups excluding tert-OH is 1. The van der Waals surface area contributed by atoms with Crippen molar-refractivity contribution in [3.05, 3.63) is 11.9 Å². The minimum Gasteiger partial charge on any atom is -0.387 e. The lowest BCUT2D eigenvalue weighted by Crippen LogP contribution is -2.23. The number of carbonyl (C=O) groups is 1. The maximum atomic E-state index is 11.1. The van der Waals surface area contributed by atoms with Gasteiger partial charge in [-0.25, -0.2) is 0 Å². The summed E-state index contributed by atoms with van der Waals surface area (Å²) in [6.07, 6.45) is 1.39. The van der Waals surface area contributed by atoms with Gasteiger partial charge in [0.15, 0.2) is 0 Å². The first-order valence-corrected chi connectivity index (χ1v) is 4.98. The number of rotatable bonds is 5. The Labute approximate surface area is 88.3 Å². The van der Waals surface area contributed by atoms with Crippen molar-refractivity contribution >= 4 is 5.91 Å². The molecule has 6 nitrogen and oxygen atoms in total. The number of nitrogens with zero attached hydrogens (tertiary/aromatic N) is 3. The average Bonchev–Trinajstić information content (AvgIpc) is 2.63. The van der Waals surface area contributed by atoms with Crippen molar-refractivity contribution in [2.24, 2.45) is 0 Å². The summed E-state index contributed by atoms with van der Waals surface area (Å²) >= 11 is 0. The predicted octanol–water partition coefficient (Wildman–Crippen LogP) is -0.142. The molecule has 2 N–H and O–H groups in total. The molecular weight excluding hydrogens is 196 g/mol. The van der Waals surface area contributed by atoms with E-state index < -0.39 is 6.10 Å². The molecule has 0 bridgehead atoms. The molecule has 84 valence electrons. The van der Waals surface area contributed by atoms with Crippen molar-refractivity contribution in [1.29, 1.82) is 0 Å². The molecule has 1 unspecified atom stereocenters. The normalized spacial score (nSPS) is 12.5. The molecule has 0 spiro atoms. The first-order valence-electron chi connectivity index (χ1n) is 4.98. The third-order valence-electron chi connectivity index (χ3n) is 1.93. The Balaban J connectivity index is 2.41. The van der Waals surface area contributed by atoms with E-state index in [0.29, 0.717) is 25.2 Å². The fraction of sp³-hybridized carbons (Fsp3) is 0.667. The molecule has 1 aromatic heterocycles. The van der Waals surface area contributed by atoms with E-state index in [1.807, 2.05) is 6.92 Å². The number of aliphatic hydroxyl groups is 1. The summed E-state index contributed by atoms with van der Waals surface area (Å²) in [5, 5.41) is 19.5. The van der Waals surface area contributed by atoms with Crippen molar-refractivity contribution in [1.82, 2.24) is 20.3 Å². The summed E-state index contributed by atoms with van der Waals surface area (Å²) in [6, 6.07) is 0. The van der Waals surface area contributed by atoms with Gasteiger partial charge in [0.25, 0.3) is 0 Å². The van der Waals surface area contributed by atoms with Gasteiger partial charge in [0.2, 0.25) is 5.91 Å². The Hall–Kier alpha value is -1.43. The molecule has 0 aliphatic heterocycles. The van der Waals surface area contributed by atoms with Crippen LogP contribution in [0.25, 0.3) is 0 Å². The molecule has 1 amide bonds. The number of nitrogens with one attached hydrogen (secondary N) is 1. The van der Waals surface area contributed by atoms with Gasteiger partial charge in [-0.05, 0) is 13.8 Å². The summed E-state index contributed by atoms with van der Waals surface area (Å²) in [4.78, 5) is 11.1. The Morgan fingerprint density at radius 3 is 3.00 bits per heavy atom. The number of aryl methyl sites for hydroxylation is 1. The van der Waals surface area contributed by atoms with Crippen LogP contribution in [0.5, 0.6) is 0 Å². The van der Waals surface area contributed by atoms with Gasteiger partial charge in [0, 0.05) is 13.0 Å². The second-order valence-corrected chi connectivity index (χ2v) is 3.29. The van der Waals surface area contributed by atoms with Crippen LogP contribution in [0.15, 0.2) is 6.20 Å². The zero-order valence-corrected chi connectivity index (χ0v) is 8.97. The van der Waals surface area contributed by atoms with E-state index in [1.165, 1.54) is 0 Å². The van der Waals surface area contributed by atoms with Crippen LogP contribution in [-0.2, 0) is 11.3 Å². The fourth-order valence-electron chi connectivity index (χ4n) is 1.12. The Bertz CT molecular complexity index is 322. The van der Waals surface area contributed by atoms with Crippen LogP contribution in [0.2, 0.25) is 0 Å². The molecule has 0 aliphatic rings. The summed E-state index contributed by atoms with van der Waals surface area (Å²) in [6.45, 7) is 4.61. The fourth-order valence-corrected chi connectivity index (χ4v) is 1.12. The number of hydrogen-bond acceptors (Lipinski definition) is 4. The number of aromatic nitrogens is 3. The van der Waals surface area contributed by atoms with E-state index in [4.69, 9.17) is 0 Å². The van der Waals surface area contributed by atoms with E-state index >= 15 is 0 Å². The molecule has 0 fully saturated rings. The number of carbonyl (C=O) groups excluding carboxylic acids is 1. The first kappa shape index (κ1) is 11.6. The van der Waals surface area contributed by atoms with E-state index in [2.05, 4.69) is 15.6 Å². The topological polar surface area (TPSA) is 80.0 Å². The predicted molar refractivity (Wildman–Crippen MR) is 54.0 cm³/mol. The van der Waals surface area contributed by atoms with E-state index in [-0.39, 0.29) is 5.91 Å². The zero-order valence-electron chi connectivity index (χ0n) is 8.97. The lowest BCUT2D eigenvalue weighted by molar-refractivity contribution is -0.121. The molecule has 1 rings (SSSR count). The van der Waals surface area contributed by atoms with Gasteiger partial charge in [-0.1, -0.05) is 5.21 Å². The molecule has 0 saturated carbocycles. The molecule has 1 aromatic rings. The highest BCUT2D eigenvalue weighted by atomic mass is 16.3. The Morgan fingerprint density at radius 2 is 2.47 bits per heavy atom. The zero-order chi connectivity index (χ0) is 11.3. The van der Waals surface area contributed by atoms with Gasteiger partial charge in [-0.3, -0.25) is 9.48 Å². The molecule has 6 heteroatoms. The van der Waals surface area contributed by atoms with Crippen LogP contribution in [-0.4, -0.2) is 32.6 Å². The van der Waals surface area contributed by atoms with Crippen LogP contribution in [0, 0.1) is 0 Å². The highest BCUT2D eigenvalue weighted by molar-refractivity contribution is 5.75. The van der Waals surface area contributed by atoms with Crippen molar-refractivity contribution in [3.63, 3.8) is 0 Å². The highest BCUT2D eigenvalue weighted by Crippen LogP contribution is 2.06. The maximum absolute atomic E-state index is 11.1. The van der Waals surface area contributed by atoms with Crippen molar-refractivity contribution < 1.29 is 9.90 Å². The number of hydrogen-bond donors (Lipinski definition) is 2. The lowest BCUT2D eigenvalue weighted by Gasteiger charge is -2.01. The van der Waals surface area contributed by atoms with Crippen molar-refractivity contribution in [2.75, 3.05) is 6.54 Å². The summed E-state index contributed by atoms with van der Waals surface area (Å²) in [5.74, 6) is -0.00778. The summed E-state index contributed by atoms with van der Waals surface area (Å²) in [5.41, 5.74) is 0.519. The first-order chi connectivity index (χ1) is 7.13. The molecule has 15 heavy (non-hydrogen) atoms. The molecule has 1 atom stereocenters. The van der Waals surface area contributed by atoms with Gasteiger partial charge in [-0.15, -0.1) is 5.10 Å². The summed E-state index contributed by atoms with van der Waals surface area (Å²) in [7, 11) is 0. The second-order valence-electron chi connectivity index (χ2n) is 3.29. The molecule has 0 aromatic carbocycles. The molecular formula is C9H16N4O2. The van der Waals surface area contributed by atoms with Gasteiger partial charge in [0.05, 0.1) is 18.8 Å².